The summed E-state index contributed by atoms with van der Waals surface area (Å²) in [5.74, 6) is -2.76. The molecule has 19 heavy (non-hydrogen) atoms. The predicted molar refractivity (Wildman–Crippen MR) is 65.2 cm³/mol. The lowest BCUT2D eigenvalue weighted by Crippen LogP contribution is -2.43. The van der Waals surface area contributed by atoms with E-state index in [1.807, 2.05) is 0 Å². The van der Waals surface area contributed by atoms with E-state index in [1.165, 1.54) is 5.69 Å². The van der Waals surface area contributed by atoms with Crippen molar-refractivity contribution in [1.29, 1.82) is 0 Å². The standard InChI is InChI=1S/C10H14N2.C2HF3O2/c1-2-4-10(5-3-1)12-8-6-11-7-9-12;3-2(4,5)1(6)7/h1-5,11H,6-9H2;(H,6,7). The average molecular weight is 276 g/mol. The lowest BCUT2D eigenvalue weighted by molar-refractivity contribution is -0.192. The van der Waals surface area contributed by atoms with Crippen molar-refractivity contribution in [2.75, 3.05) is 31.1 Å². The van der Waals surface area contributed by atoms with Crippen LogP contribution in [-0.2, 0) is 4.79 Å². The first-order valence-corrected chi connectivity index (χ1v) is 5.72. The molecule has 0 spiro atoms. The minimum absolute atomic E-state index is 1.11. The first kappa shape index (κ1) is 15.3. The number of nitrogens with zero attached hydrogens (tertiary/aromatic N) is 1. The van der Waals surface area contributed by atoms with E-state index < -0.39 is 12.1 Å². The molecule has 0 amide bonds. The van der Waals surface area contributed by atoms with Gasteiger partial charge in [0.25, 0.3) is 0 Å². The molecule has 0 unspecified atom stereocenters. The molecule has 0 saturated carbocycles. The molecule has 1 aliphatic rings. The van der Waals surface area contributed by atoms with Gasteiger partial charge in [-0.1, -0.05) is 18.2 Å². The van der Waals surface area contributed by atoms with E-state index in [2.05, 4.69) is 40.5 Å². The Kier molecular flexibility index (Phi) is 5.62. The van der Waals surface area contributed by atoms with Crippen LogP contribution in [-0.4, -0.2) is 43.4 Å². The predicted octanol–water partition coefficient (Wildman–Crippen LogP) is 1.73. The molecule has 0 atom stereocenters. The fraction of sp³-hybridized carbons (Fsp3) is 0.417. The number of hydrogen-bond acceptors (Lipinski definition) is 3. The van der Waals surface area contributed by atoms with E-state index in [-0.39, 0.29) is 0 Å². The number of anilines is 1. The second-order valence-corrected chi connectivity index (χ2v) is 3.88. The fourth-order valence-electron chi connectivity index (χ4n) is 1.56. The average Bonchev–Trinajstić information content (AvgIpc) is 2.40. The molecule has 7 heteroatoms. The highest BCUT2D eigenvalue weighted by Crippen LogP contribution is 2.13. The summed E-state index contributed by atoms with van der Waals surface area (Å²) in [6.07, 6.45) is -5.08. The SMILES string of the molecule is O=C(O)C(F)(F)F.c1ccc(N2CCNCC2)cc1. The summed E-state index contributed by atoms with van der Waals surface area (Å²) in [7, 11) is 0. The van der Waals surface area contributed by atoms with E-state index >= 15 is 0 Å². The van der Waals surface area contributed by atoms with Crippen LogP contribution >= 0.6 is 0 Å². The van der Waals surface area contributed by atoms with Gasteiger partial charge in [0.2, 0.25) is 0 Å². The van der Waals surface area contributed by atoms with Gasteiger partial charge in [-0.2, -0.15) is 13.2 Å². The third-order valence-electron chi connectivity index (χ3n) is 2.48. The van der Waals surface area contributed by atoms with E-state index in [0.29, 0.717) is 0 Å². The zero-order valence-electron chi connectivity index (χ0n) is 10.2. The lowest BCUT2D eigenvalue weighted by atomic mass is 10.2. The van der Waals surface area contributed by atoms with Crippen molar-refractivity contribution < 1.29 is 23.1 Å². The second-order valence-electron chi connectivity index (χ2n) is 3.88. The molecule has 2 N–H and O–H groups in total. The highest BCUT2D eigenvalue weighted by Gasteiger charge is 2.38. The number of alkyl halides is 3. The Hall–Kier alpha value is -1.76. The highest BCUT2D eigenvalue weighted by atomic mass is 19.4. The molecule has 1 fully saturated rings. The molecule has 4 nitrogen and oxygen atoms in total. The maximum atomic E-state index is 10.6. The summed E-state index contributed by atoms with van der Waals surface area (Å²) in [6.45, 7) is 4.47. The van der Waals surface area contributed by atoms with Crippen molar-refractivity contribution in [2.45, 2.75) is 6.18 Å². The van der Waals surface area contributed by atoms with Crippen molar-refractivity contribution in [3.63, 3.8) is 0 Å². The molecule has 0 radical (unpaired) electrons. The molecule has 1 aliphatic heterocycles. The Morgan fingerprint density at radius 1 is 1.16 bits per heavy atom. The number of halogens is 3. The van der Waals surface area contributed by atoms with Crippen LogP contribution in [0.25, 0.3) is 0 Å². The number of para-hydroxylation sites is 1. The van der Waals surface area contributed by atoms with Crippen molar-refractivity contribution in [3.8, 4) is 0 Å². The number of hydrogen-bond donors (Lipinski definition) is 2. The molecular formula is C12H15F3N2O2. The Morgan fingerprint density at radius 2 is 1.63 bits per heavy atom. The summed E-state index contributed by atoms with van der Waals surface area (Å²) in [4.78, 5) is 11.3. The van der Waals surface area contributed by atoms with Crippen LogP contribution in [0.15, 0.2) is 30.3 Å². The smallest absolute Gasteiger partial charge is 0.475 e. The molecule has 0 bridgehead atoms. The van der Waals surface area contributed by atoms with Gasteiger partial charge in [0.1, 0.15) is 0 Å². The Balaban J connectivity index is 0.000000224. The zero-order chi connectivity index (χ0) is 14.3. The summed E-state index contributed by atoms with van der Waals surface area (Å²) in [5, 5.41) is 10.5. The van der Waals surface area contributed by atoms with Gasteiger partial charge in [-0.25, -0.2) is 4.79 Å². The minimum atomic E-state index is -5.08. The lowest BCUT2D eigenvalue weighted by Gasteiger charge is -2.29. The van der Waals surface area contributed by atoms with E-state index in [4.69, 9.17) is 9.90 Å². The number of carboxylic acids is 1. The molecule has 2 rings (SSSR count). The van der Waals surface area contributed by atoms with Crippen LogP contribution in [0.4, 0.5) is 18.9 Å². The topological polar surface area (TPSA) is 52.6 Å². The van der Waals surface area contributed by atoms with Gasteiger partial charge in [0.05, 0.1) is 0 Å². The van der Waals surface area contributed by atoms with Gasteiger partial charge < -0.3 is 15.3 Å². The van der Waals surface area contributed by atoms with Gasteiger partial charge in [0.15, 0.2) is 0 Å². The molecule has 1 heterocycles. The van der Waals surface area contributed by atoms with Crippen molar-refractivity contribution in [1.82, 2.24) is 5.32 Å². The van der Waals surface area contributed by atoms with Gasteiger partial charge in [0, 0.05) is 31.9 Å². The van der Waals surface area contributed by atoms with E-state index in [1.54, 1.807) is 0 Å². The minimum Gasteiger partial charge on any atom is -0.475 e. The third-order valence-corrected chi connectivity index (χ3v) is 2.48. The molecule has 1 aromatic carbocycles. The first-order chi connectivity index (χ1) is 8.91. The molecule has 1 saturated heterocycles. The summed E-state index contributed by atoms with van der Waals surface area (Å²) in [6, 6.07) is 10.6. The summed E-state index contributed by atoms with van der Waals surface area (Å²) in [5.41, 5.74) is 1.35. The van der Waals surface area contributed by atoms with E-state index in [9.17, 15) is 13.2 Å². The zero-order valence-corrected chi connectivity index (χ0v) is 10.2. The largest absolute Gasteiger partial charge is 0.490 e. The maximum Gasteiger partial charge on any atom is 0.490 e. The summed E-state index contributed by atoms with van der Waals surface area (Å²) < 4.78 is 31.7. The van der Waals surface area contributed by atoms with Crippen molar-refractivity contribution in [2.24, 2.45) is 0 Å². The van der Waals surface area contributed by atoms with Crippen molar-refractivity contribution >= 4 is 11.7 Å². The molecule has 1 aromatic rings. The third kappa shape index (κ3) is 5.60. The maximum absolute atomic E-state index is 10.6. The normalized spacial score (nSPS) is 15.4. The van der Waals surface area contributed by atoms with Crippen molar-refractivity contribution in [3.05, 3.63) is 30.3 Å². The number of aliphatic carboxylic acids is 1. The second kappa shape index (κ2) is 6.98. The molecule has 0 aromatic heterocycles. The van der Waals surface area contributed by atoms with Gasteiger partial charge in [-0.15, -0.1) is 0 Å². The van der Waals surface area contributed by atoms with Gasteiger partial charge in [-0.05, 0) is 12.1 Å². The van der Waals surface area contributed by atoms with Crippen LogP contribution in [0.5, 0.6) is 0 Å². The Labute approximate surface area is 108 Å². The number of rotatable bonds is 1. The van der Waals surface area contributed by atoms with Crippen LogP contribution in [0.1, 0.15) is 0 Å². The Bertz CT molecular complexity index is 390. The fourth-order valence-corrected chi connectivity index (χ4v) is 1.56. The van der Waals surface area contributed by atoms with Gasteiger partial charge >= 0.3 is 12.1 Å². The highest BCUT2D eigenvalue weighted by molar-refractivity contribution is 5.73. The quantitative estimate of drug-likeness (QED) is 0.820. The summed E-state index contributed by atoms with van der Waals surface area (Å²) >= 11 is 0. The van der Waals surface area contributed by atoms with Crippen LogP contribution in [0.2, 0.25) is 0 Å². The van der Waals surface area contributed by atoms with E-state index in [0.717, 1.165) is 26.2 Å². The molecular weight excluding hydrogens is 261 g/mol. The molecule has 0 aliphatic carbocycles. The van der Waals surface area contributed by atoms with Crippen LogP contribution < -0.4 is 10.2 Å². The number of benzene rings is 1. The monoisotopic (exact) mass is 276 g/mol. The number of piperazine rings is 1. The number of nitrogens with one attached hydrogen (secondary N) is 1. The Morgan fingerprint density at radius 3 is 2.05 bits per heavy atom. The number of carboxylic acid groups (broad SMARTS) is 1. The van der Waals surface area contributed by atoms with Crippen LogP contribution in [0, 0.1) is 0 Å². The van der Waals surface area contributed by atoms with Crippen LogP contribution in [0.3, 0.4) is 0 Å². The number of carbonyl (C=O) groups is 1. The van der Waals surface area contributed by atoms with Gasteiger partial charge in [-0.3, -0.25) is 0 Å². The molecule has 106 valence electrons. The first-order valence-electron chi connectivity index (χ1n) is 5.72.